The first kappa shape index (κ1) is 27.6. The number of benzene rings is 3. The number of unbranched alkanes of at least 4 members (excludes halogenated alkanes) is 1. The minimum atomic E-state index is -0.384. The molecular weight excluding hydrogens is 497 g/mol. The highest BCUT2D eigenvalue weighted by Gasteiger charge is 2.23. The molecule has 0 spiro atoms. The van der Waals surface area contributed by atoms with Crippen LogP contribution in [-0.4, -0.2) is 34.8 Å². The highest BCUT2D eigenvalue weighted by atomic mass is 19.1. The molecule has 1 heterocycles. The molecule has 0 atom stereocenters. The summed E-state index contributed by atoms with van der Waals surface area (Å²) in [6.45, 7) is 4.29. The molecule has 0 unspecified atom stereocenters. The van der Waals surface area contributed by atoms with Gasteiger partial charge in [-0.25, -0.2) is 9.18 Å². The number of rotatable bonds is 10. The van der Waals surface area contributed by atoms with E-state index in [4.69, 9.17) is 4.42 Å². The first-order valence-corrected chi connectivity index (χ1v) is 13.0. The van der Waals surface area contributed by atoms with Crippen LogP contribution in [0.1, 0.15) is 36.5 Å². The lowest BCUT2D eigenvalue weighted by molar-refractivity contribution is -0.133. The van der Waals surface area contributed by atoms with Crippen molar-refractivity contribution in [3.8, 4) is 0 Å². The van der Waals surface area contributed by atoms with Crippen LogP contribution < -0.4 is 10.7 Å². The van der Waals surface area contributed by atoms with Crippen molar-refractivity contribution in [3.63, 3.8) is 0 Å². The van der Waals surface area contributed by atoms with Crippen molar-refractivity contribution < 1.29 is 18.4 Å². The zero-order valence-electron chi connectivity index (χ0n) is 22.2. The number of nitrogens with zero attached hydrogens (tertiary/aromatic N) is 2. The largest absolute Gasteiger partial charge is 0.464 e. The summed E-state index contributed by atoms with van der Waals surface area (Å²) in [4.78, 5) is 43.0. The quantitative estimate of drug-likeness (QED) is 0.269. The van der Waals surface area contributed by atoms with Crippen molar-refractivity contribution >= 4 is 28.6 Å². The Bertz CT molecular complexity index is 1480. The molecule has 1 aromatic heterocycles. The summed E-state index contributed by atoms with van der Waals surface area (Å²) in [5.74, 6) is -0.729. The molecule has 0 aliphatic heterocycles. The van der Waals surface area contributed by atoms with Crippen LogP contribution in [0.15, 0.2) is 88.3 Å². The van der Waals surface area contributed by atoms with Gasteiger partial charge in [0.15, 0.2) is 5.43 Å². The van der Waals surface area contributed by atoms with Gasteiger partial charge in [-0.05, 0) is 55.3 Å². The van der Waals surface area contributed by atoms with Gasteiger partial charge in [-0.1, -0.05) is 55.3 Å². The molecule has 0 fully saturated rings. The van der Waals surface area contributed by atoms with E-state index in [0.717, 1.165) is 18.4 Å². The molecule has 1 N–H and O–H groups in total. The maximum Gasteiger partial charge on any atom is 0.322 e. The molecule has 8 heteroatoms. The maximum absolute atomic E-state index is 13.7. The zero-order chi connectivity index (χ0) is 27.8. The fraction of sp³-hybridized carbons (Fsp3) is 0.258. The van der Waals surface area contributed by atoms with E-state index in [1.807, 2.05) is 38.1 Å². The molecule has 3 amide bonds. The number of hydrogen-bond acceptors (Lipinski definition) is 4. The maximum atomic E-state index is 13.7. The second-order valence-electron chi connectivity index (χ2n) is 9.53. The average Bonchev–Trinajstić information content (AvgIpc) is 2.94. The molecule has 4 rings (SSSR count). The molecule has 7 nitrogen and oxygen atoms in total. The lowest BCUT2D eigenvalue weighted by Gasteiger charge is -2.28. The molecule has 39 heavy (non-hydrogen) atoms. The molecule has 202 valence electrons. The Morgan fingerprint density at radius 2 is 1.64 bits per heavy atom. The smallest absolute Gasteiger partial charge is 0.322 e. The van der Waals surface area contributed by atoms with Gasteiger partial charge in [0.25, 0.3) is 0 Å². The molecule has 0 radical (unpaired) electrons. The summed E-state index contributed by atoms with van der Waals surface area (Å²) in [7, 11) is 0. The van der Waals surface area contributed by atoms with Crippen molar-refractivity contribution in [3.05, 3.63) is 112 Å². The van der Waals surface area contributed by atoms with E-state index in [2.05, 4.69) is 5.32 Å². The van der Waals surface area contributed by atoms with Crippen LogP contribution in [0, 0.1) is 12.7 Å². The minimum absolute atomic E-state index is 0.0232. The number of carbonyl (C=O) groups excluding carboxylic acids is 2. The van der Waals surface area contributed by atoms with Crippen molar-refractivity contribution in [2.75, 3.05) is 18.4 Å². The highest BCUT2D eigenvalue weighted by molar-refractivity contribution is 5.92. The van der Waals surface area contributed by atoms with E-state index in [0.29, 0.717) is 34.3 Å². The molecule has 0 aliphatic carbocycles. The van der Waals surface area contributed by atoms with Crippen LogP contribution in [0.3, 0.4) is 0 Å². The van der Waals surface area contributed by atoms with Crippen LogP contribution in [0.5, 0.6) is 0 Å². The van der Waals surface area contributed by atoms with Gasteiger partial charge in [0.2, 0.25) is 5.91 Å². The predicted octanol–water partition coefficient (Wildman–Crippen LogP) is 6.10. The summed E-state index contributed by atoms with van der Waals surface area (Å²) in [5, 5.41) is 3.29. The van der Waals surface area contributed by atoms with Crippen LogP contribution in [0.2, 0.25) is 0 Å². The Morgan fingerprint density at radius 1 is 0.923 bits per heavy atom. The van der Waals surface area contributed by atoms with E-state index in [1.54, 1.807) is 36.4 Å². The van der Waals surface area contributed by atoms with Crippen LogP contribution in [-0.2, 0) is 17.9 Å². The molecule has 0 saturated heterocycles. The molecule has 0 aliphatic rings. The van der Waals surface area contributed by atoms with Gasteiger partial charge >= 0.3 is 6.03 Å². The van der Waals surface area contributed by atoms with Crippen molar-refractivity contribution in [1.29, 1.82) is 0 Å². The summed E-state index contributed by atoms with van der Waals surface area (Å²) in [6.07, 6.45) is 2.94. The highest BCUT2D eigenvalue weighted by Crippen LogP contribution is 2.16. The van der Waals surface area contributed by atoms with Crippen molar-refractivity contribution in [1.82, 2.24) is 9.80 Å². The number of halogens is 1. The summed E-state index contributed by atoms with van der Waals surface area (Å²) in [6, 6.07) is 19.8. The monoisotopic (exact) mass is 529 g/mol. The van der Waals surface area contributed by atoms with Crippen molar-refractivity contribution in [2.24, 2.45) is 0 Å². The molecule has 0 bridgehead atoms. The molecule has 0 saturated carbocycles. The van der Waals surface area contributed by atoms with Crippen molar-refractivity contribution in [2.45, 2.75) is 39.8 Å². The Kier molecular flexibility index (Phi) is 9.10. The van der Waals surface area contributed by atoms with Gasteiger partial charge < -0.3 is 19.5 Å². The Labute approximate surface area is 226 Å². The fourth-order valence-corrected chi connectivity index (χ4v) is 4.18. The number of anilines is 1. The van der Waals surface area contributed by atoms with E-state index < -0.39 is 0 Å². The second kappa shape index (κ2) is 12.9. The van der Waals surface area contributed by atoms with E-state index in [1.165, 1.54) is 28.2 Å². The molecular formula is C31H32FN3O4. The van der Waals surface area contributed by atoms with Gasteiger partial charge in [0.1, 0.15) is 17.9 Å². The number of aryl methyl sites for hydroxylation is 1. The normalized spacial score (nSPS) is 10.8. The standard InChI is InChI=1S/C31H32FN3O4/c1-3-4-17-34(31(38)33-26-15-9-22(2)10-16-26)20-29(36)35(18-23-11-13-25(32)14-12-23)19-24-21-39-28-8-6-5-7-27(28)30(24)37/h5-16,21H,3-4,17-20H2,1-2H3,(H,33,38). The number of hydrogen-bond donors (Lipinski definition) is 1. The number of carbonyl (C=O) groups is 2. The topological polar surface area (TPSA) is 82.9 Å². The van der Waals surface area contributed by atoms with E-state index in [-0.39, 0.29) is 42.8 Å². The van der Waals surface area contributed by atoms with Crippen LogP contribution >= 0.6 is 0 Å². The fourth-order valence-electron chi connectivity index (χ4n) is 4.18. The lowest BCUT2D eigenvalue weighted by Crippen LogP contribution is -2.44. The first-order chi connectivity index (χ1) is 18.8. The third kappa shape index (κ3) is 7.31. The second-order valence-corrected chi connectivity index (χ2v) is 9.53. The minimum Gasteiger partial charge on any atom is -0.464 e. The predicted molar refractivity (Wildman–Crippen MR) is 150 cm³/mol. The van der Waals surface area contributed by atoms with Gasteiger partial charge in [0, 0.05) is 18.8 Å². The SMILES string of the molecule is CCCCN(CC(=O)N(Cc1ccc(F)cc1)Cc1coc2ccccc2c1=O)C(=O)Nc1ccc(C)cc1. The third-order valence-electron chi connectivity index (χ3n) is 6.45. The van der Waals surface area contributed by atoms with Gasteiger partial charge in [-0.3, -0.25) is 9.59 Å². The number of urea groups is 1. The Morgan fingerprint density at radius 3 is 2.36 bits per heavy atom. The van der Waals surface area contributed by atoms with Gasteiger partial charge in [-0.15, -0.1) is 0 Å². The number of fused-ring (bicyclic) bond motifs is 1. The van der Waals surface area contributed by atoms with E-state index >= 15 is 0 Å². The summed E-state index contributed by atoms with van der Waals surface area (Å²) >= 11 is 0. The molecule has 3 aromatic carbocycles. The number of para-hydroxylation sites is 1. The molecule has 4 aromatic rings. The summed E-state index contributed by atoms with van der Waals surface area (Å²) < 4.78 is 19.2. The van der Waals surface area contributed by atoms with Crippen LogP contribution in [0.25, 0.3) is 11.0 Å². The first-order valence-electron chi connectivity index (χ1n) is 13.0. The van der Waals surface area contributed by atoms with Gasteiger partial charge in [-0.2, -0.15) is 0 Å². The van der Waals surface area contributed by atoms with Gasteiger partial charge in [0.05, 0.1) is 23.8 Å². The lowest BCUT2D eigenvalue weighted by atomic mass is 10.1. The summed E-state index contributed by atoms with van der Waals surface area (Å²) in [5.41, 5.74) is 2.94. The van der Waals surface area contributed by atoms with E-state index in [9.17, 15) is 18.8 Å². The Balaban J connectivity index is 1.58. The third-order valence-corrected chi connectivity index (χ3v) is 6.45. The number of nitrogens with one attached hydrogen (secondary N) is 1. The Hall–Kier alpha value is -4.46. The number of amides is 3. The van der Waals surface area contributed by atoms with Crippen LogP contribution in [0.4, 0.5) is 14.9 Å². The average molecular weight is 530 g/mol. The zero-order valence-corrected chi connectivity index (χ0v) is 22.2.